The van der Waals surface area contributed by atoms with E-state index < -0.39 is 0 Å². The van der Waals surface area contributed by atoms with Gasteiger partial charge >= 0.3 is 0 Å². The Hall–Kier alpha value is -1.24. The molecule has 0 aliphatic rings. The monoisotopic (exact) mass is 179 g/mol. The van der Waals surface area contributed by atoms with Gasteiger partial charge in [-0.2, -0.15) is 0 Å². The summed E-state index contributed by atoms with van der Waals surface area (Å²) in [5.74, 6) is 0. The number of allylic oxidation sites excluding steroid dienone is 5. The van der Waals surface area contributed by atoms with Crippen LogP contribution in [-0.2, 0) is 0 Å². The SMILES string of the molecule is C=CN/C(C)=C/C=C(/C)C=C.CC. The van der Waals surface area contributed by atoms with Crippen molar-refractivity contribution in [1.29, 1.82) is 0 Å². The van der Waals surface area contributed by atoms with Gasteiger partial charge in [-0.05, 0) is 26.1 Å². The van der Waals surface area contributed by atoms with Gasteiger partial charge in [-0.1, -0.05) is 44.7 Å². The first-order valence-electron chi connectivity index (χ1n) is 4.55. The lowest BCUT2D eigenvalue weighted by Gasteiger charge is -1.96. The number of rotatable bonds is 4. The first kappa shape index (κ1) is 14.3. The summed E-state index contributed by atoms with van der Waals surface area (Å²) in [6.07, 6.45) is 7.46. The zero-order chi connectivity index (χ0) is 10.7. The lowest BCUT2D eigenvalue weighted by atomic mass is 10.2. The molecule has 0 amide bonds. The standard InChI is InChI=1S/C10H15N.C2H6/c1-5-9(3)7-8-10(4)11-6-2;1-2/h5-8,11H,1-2H2,3-4H3;1-2H3/b9-7-,10-8+;. The highest BCUT2D eigenvalue weighted by molar-refractivity contribution is 5.21. The molecule has 0 atom stereocenters. The molecule has 0 aromatic heterocycles. The number of hydrogen-bond acceptors (Lipinski definition) is 1. The molecule has 0 rings (SSSR count). The van der Waals surface area contributed by atoms with Gasteiger partial charge in [-0.15, -0.1) is 0 Å². The second kappa shape index (κ2) is 10.8. The largest absolute Gasteiger partial charge is 0.366 e. The van der Waals surface area contributed by atoms with Crippen LogP contribution in [0.4, 0.5) is 0 Å². The smallest absolute Gasteiger partial charge is 0.0114 e. The van der Waals surface area contributed by atoms with E-state index in [0.717, 1.165) is 11.3 Å². The second-order valence-electron chi connectivity index (χ2n) is 2.31. The Morgan fingerprint density at radius 2 is 1.62 bits per heavy atom. The van der Waals surface area contributed by atoms with E-state index >= 15 is 0 Å². The van der Waals surface area contributed by atoms with Gasteiger partial charge in [0, 0.05) is 5.70 Å². The molecule has 1 heteroatoms. The fourth-order valence-electron chi connectivity index (χ4n) is 0.534. The van der Waals surface area contributed by atoms with Crippen molar-refractivity contribution in [3.8, 4) is 0 Å². The summed E-state index contributed by atoms with van der Waals surface area (Å²) in [7, 11) is 0. The average molecular weight is 179 g/mol. The van der Waals surface area contributed by atoms with E-state index in [4.69, 9.17) is 0 Å². The van der Waals surface area contributed by atoms with E-state index in [1.165, 1.54) is 0 Å². The molecule has 0 bridgehead atoms. The van der Waals surface area contributed by atoms with Crippen molar-refractivity contribution >= 4 is 0 Å². The van der Waals surface area contributed by atoms with Crippen molar-refractivity contribution in [2.75, 3.05) is 0 Å². The summed E-state index contributed by atoms with van der Waals surface area (Å²) < 4.78 is 0. The van der Waals surface area contributed by atoms with E-state index in [0.29, 0.717) is 0 Å². The predicted octanol–water partition coefficient (Wildman–Crippen LogP) is 3.78. The Morgan fingerprint density at radius 3 is 2.00 bits per heavy atom. The van der Waals surface area contributed by atoms with Crippen molar-refractivity contribution in [2.45, 2.75) is 27.7 Å². The van der Waals surface area contributed by atoms with Crippen LogP contribution in [0.5, 0.6) is 0 Å². The van der Waals surface area contributed by atoms with E-state index in [2.05, 4.69) is 18.5 Å². The van der Waals surface area contributed by atoms with E-state index in [1.807, 2.05) is 45.9 Å². The van der Waals surface area contributed by atoms with Crippen LogP contribution < -0.4 is 5.32 Å². The fourth-order valence-corrected chi connectivity index (χ4v) is 0.534. The predicted molar refractivity (Wildman–Crippen MR) is 62.4 cm³/mol. The summed E-state index contributed by atoms with van der Waals surface area (Å²) in [5.41, 5.74) is 2.22. The Bertz CT molecular complexity index is 197. The van der Waals surface area contributed by atoms with Crippen LogP contribution in [0.25, 0.3) is 0 Å². The Labute approximate surface area is 82.6 Å². The third-order valence-electron chi connectivity index (χ3n) is 1.25. The molecule has 0 heterocycles. The molecule has 0 fully saturated rings. The molecule has 74 valence electrons. The summed E-state index contributed by atoms with van der Waals surface area (Å²) in [6.45, 7) is 15.2. The van der Waals surface area contributed by atoms with E-state index in [1.54, 1.807) is 6.20 Å². The van der Waals surface area contributed by atoms with Gasteiger partial charge in [0.25, 0.3) is 0 Å². The van der Waals surface area contributed by atoms with Crippen LogP contribution in [0.15, 0.2) is 48.9 Å². The van der Waals surface area contributed by atoms with Gasteiger partial charge in [-0.3, -0.25) is 0 Å². The molecule has 0 saturated heterocycles. The molecule has 0 aromatic carbocycles. The number of hydrogen-bond donors (Lipinski definition) is 1. The fraction of sp³-hybridized carbons (Fsp3) is 0.333. The first-order chi connectivity index (χ1) is 6.20. The molecule has 0 unspecified atom stereocenters. The second-order valence-corrected chi connectivity index (χ2v) is 2.31. The third-order valence-corrected chi connectivity index (χ3v) is 1.25. The van der Waals surface area contributed by atoms with Gasteiger partial charge in [-0.25, -0.2) is 0 Å². The Balaban J connectivity index is 0. The summed E-state index contributed by atoms with van der Waals surface area (Å²) in [6, 6.07) is 0. The van der Waals surface area contributed by atoms with Gasteiger partial charge in [0.05, 0.1) is 0 Å². The minimum absolute atomic E-state index is 1.07. The summed E-state index contributed by atoms with van der Waals surface area (Å²) in [5, 5.41) is 2.97. The molecule has 1 nitrogen and oxygen atoms in total. The molecular weight excluding hydrogens is 158 g/mol. The van der Waals surface area contributed by atoms with Gasteiger partial charge in [0.2, 0.25) is 0 Å². The van der Waals surface area contributed by atoms with Crippen LogP contribution in [0.3, 0.4) is 0 Å². The van der Waals surface area contributed by atoms with Crippen LogP contribution in [0.2, 0.25) is 0 Å². The first-order valence-corrected chi connectivity index (χ1v) is 4.55. The third kappa shape index (κ3) is 10.8. The molecule has 0 aliphatic carbocycles. The average Bonchev–Trinajstić information content (AvgIpc) is 2.18. The molecule has 0 saturated carbocycles. The highest BCUT2D eigenvalue weighted by Crippen LogP contribution is 1.95. The van der Waals surface area contributed by atoms with Crippen LogP contribution in [-0.4, -0.2) is 0 Å². The molecule has 0 aromatic rings. The van der Waals surface area contributed by atoms with Crippen LogP contribution in [0.1, 0.15) is 27.7 Å². The molecule has 13 heavy (non-hydrogen) atoms. The summed E-state index contributed by atoms with van der Waals surface area (Å²) in [4.78, 5) is 0. The van der Waals surface area contributed by atoms with Crippen LogP contribution >= 0.6 is 0 Å². The quantitative estimate of drug-likeness (QED) is 0.647. The molecular formula is C12H21N. The van der Waals surface area contributed by atoms with Gasteiger partial charge in [0.15, 0.2) is 0 Å². The summed E-state index contributed by atoms with van der Waals surface area (Å²) >= 11 is 0. The van der Waals surface area contributed by atoms with Crippen molar-refractivity contribution in [3.63, 3.8) is 0 Å². The lowest BCUT2D eigenvalue weighted by molar-refractivity contribution is 1.06. The molecule has 0 spiro atoms. The van der Waals surface area contributed by atoms with Crippen LogP contribution in [0, 0.1) is 0 Å². The zero-order valence-corrected chi connectivity index (χ0v) is 9.22. The molecule has 1 N–H and O–H groups in total. The highest BCUT2D eigenvalue weighted by atomic mass is 14.8. The van der Waals surface area contributed by atoms with Crippen molar-refractivity contribution in [3.05, 3.63) is 48.9 Å². The van der Waals surface area contributed by atoms with Gasteiger partial charge in [0.1, 0.15) is 0 Å². The van der Waals surface area contributed by atoms with E-state index in [9.17, 15) is 0 Å². The maximum atomic E-state index is 3.65. The maximum Gasteiger partial charge on any atom is 0.0114 e. The van der Waals surface area contributed by atoms with Gasteiger partial charge < -0.3 is 5.32 Å². The topological polar surface area (TPSA) is 12.0 Å². The Morgan fingerprint density at radius 1 is 1.08 bits per heavy atom. The molecule has 0 aliphatic heterocycles. The molecule has 0 radical (unpaired) electrons. The number of nitrogens with one attached hydrogen (secondary N) is 1. The minimum atomic E-state index is 1.07. The van der Waals surface area contributed by atoms with Crippen molar-refractivity contribution in [2.24, 2.45) is 0 Å². The van der Waals surface area contributed by atoms with Crippen molar-refractivity contribution in [1.82, 2.24) is 5.32 Å². The lowest BCUT2D eigenvalue weighted by Crippen LogP contribution is -1.98. The van der Waals surface area contributed by atoms with E-state index in [-0.39, 0.29) is 0 Å². The normalized spacial score (nSPS) is 11.1. The Kier molecular flexibility index (Phi) is 11.8. The van der Waals surface area contributed by atoms with Crippen molar-refractivity contribution < 1.29 is 0 Å². The zero-order valence-electron chi connectivity index (χ0n) is 9.22. The highest BCUT2D eigenvalue weighted by Gasteiger charge is 1.79. The maximum absolute atomic E-state index is 3.65. The minimum Gasteiger partial charge on any atom is -0.366 e.